The minimum atomic E-state index is 1.09. The lowest BCUT2D eigenvalue weighted by molar-refractivity contribution is 0.571. The van der Waals surface area contributed by atoms with Crippen molar-refractivity contribution in [3.05, 3.63) is 133 Å². The molecule has 314 valence electrons. The lowest BCUT2D eigenvalue weighted by atomic mass is 10.1. The van der Waals surface area contributed by atoms with Gasteiger partial charge in [-0.1, -0.05) is 127 Å². The van der Waals surface area contributed by atoms with Crippen LogP contribution in [0.15, 0.2) is 133 Å². The molecule has 0 N–H and O–H groups in total. The second-order valence-electron chi connectivity index (χ2n) is 17.0. The first-order valence-corrected chi connectivity index (χ1v) is 26.4. The van der Waals surface area contributed by atoms with E-state index in [0.717, 1.165) is 13.1 Å². The molecule has 0 saturated heterocycles. The van der Waals surface area contributed by atoms with Gasteiger partial charge in [0.15, 0.2) is 0 Å². The van der Waals surface area contributed by atoms with Gasteiger partial charge in [-0.05, 0) is 109 Å². The topological polar surface area (TPSA) is 9.86 Å². The summed E-state index contributed by atoms with van der Waals surface area (Å²) in [6, 6.07) is 50.8. The van der Waals surface area contributed by atoms with Gasteiger partial charge in [0.1, 0.15) is 0 Å². The summed E-state index contributed by atoms with van der Waals surface area (Å²) < 4.78 is 5.12. The highest BCUT2D eigenvalue weighted by molar-refractivity contribution is 7.29. The van der Waals surface area contributed by atoms with E-state index >= 15 is 0 Å². The molecule has 0 saturated carbocycles. The summed E-state index contributed by atoms with van der Waals surface area (Å²) in [6.45, 7) is 6.76. The van der Waals surface area contributed by atoms with E-state index in [4.69, 9.17) is 0 Å². The van der Waals surface area contributed by atoms with Gasteiger partial charge in [-0.15, -0.1) is 45.3 Å². The zero-order chi connectivity index (χ0) is 41.8. The summed E-state index contributed by atoms with van der Waals surface area (Å²) in [6.07, 6.45) is 15.8. The Morgan fingerprint density at radius 1 is 0.306 bits per heavy atom. The number of aryl methyl sites for hydroxylation is 2. The second kappa shape index (κ2) is 18.9. The third-order valence-corrected chi connectivity index (χ3v) is 17.8. The Labute approximate surface area is 383 Å². The van der Waals surface area contributed by atoms with Crippen LogP contribution in [0.3, 0.4) is 0 Å². The minimum Gasteiger partial charge on any atom is -0.340 e. The van der Waals surface area contributed by atoms with E-state index in [9.17, 15) is 0 Å². The van der Waals surface area contributed by atoms with Crippen LogP contribution in [0.5, 0.6) is 0 Å². The van der Waals surface area contributed by atoms with Crippen molar-refractivity contribution in [1.29, 1.82) is 0 Å². The monoisotopic (exact) mass is 884 g/mol. The van der Waals surface area contributed by atoms with Crippen LogP contribution in [0.25, 0.3) is 93.8 Å². The van der Waals surface area contributed by atoms with Gasteiger partial charge in [-0.2, -0.15) is 0 Å². The summed E-state index contributed by atoms with van der Waals surface area (Å²) in [5, 5.41) is 5.47. The van der Waals surface area contributed by atoms with Crippen LogP contribution in [-0.4, -0.2) is 9.13 Å². The minimum absolute atomic E-state index is 1.09. The van der Waals surface area contributed by atoms with Gasteiger partial charge >= 0.3 is 0 Å². The summed E-state index contributed by atoms with van der Waals surface area (Å²) in [5.41, 5.74) is 8.05. The van der Waals surface area contributed by atoms with Crippen LogP contribution in [0, 0.1) is 0 Å². The van der Waals surface area contributed by atoms with Crippen molar-refractivity contribution < 1.29 is 0 Å². The Bertz CT molecular complexity index is 2880. The molecule has 0 amide bonds. The average Bonchev–Trinajstić information content (AvgIpc) is 4.18. The Morgan fingerprint density at radius 2 is 0.629 bits per heavy atom. The number of hydrogen-bond acceptors (Lipinski definition) is 4. The molecule has 6 heterocycles. The molecule has 62 heavy (non-hydrogen) atoms. The van der Waals surface area contributed by atoms with E-state index in [0.29, 0.717) is 0 Å². The quantitative estimate of drug-likeness (QED) is 0.0716. The summed E-state index contributed by atoms with van der Waals surface area (Å²) >= 11 is 7.64. The van der Waals surface area contributed by atoms with Gasteiger partial charge in [0, 0.05) is 95.7 Å². The molecular formula is C56H56N2S4. The van der Waals surface area contributed by atoms with E-state index in [1.165, 1.54) is 171 Å². The molecule has 4 aromatic carbocycles. The summed E-state index contributed by atoms with van der Waals surface area (Å²) in [5.74, 6) is 0. The highest BCUT2D eigenvalue weighted by Gasteiger charge is 2.17. The van der Waals surface area contributed by atoms with Gasteiger partial charge in [0.2, 0.25) is 0 Å². The second-order valence-corrected chi connectivity index (χ2v) is 21.3. The highest BCUT2D eigenvalue weighted by Crippen LogP contribution is 2.46. The third-order valence-electron chi connectivity index (χ3n) is 12.7. The Hall–Kier alpha value is -4.72. The fourth-order valence-corrected chi connectivity index (χ4v) is 13.7. The van der Waals surface area contributed by atoms with Gasteiger partial charge in [0.25, 0.3) is 0 Å². The first-order valence-electron chi connectivity index (χ1n) is 23.1. The molecule has 0 atom stereocenters. The number of hydrogen-bond donors (Lipinski definition) is 0. The number of thiophene rings is 4. The van der Waals surface area contributed by atoms with E-state index in [1.54, 1.807) is 0 Å². The fourth-order valence-electron chi connectivity index (χ4n) is 9.45. The van der Waals surface area contributed by atoms with Gasteiger partial charge in [-0.25, -0.2) is 0 Å². The third kappa shape index (κ3) is 8.40. The van der Waals surface area contributed by atoms with Crippen LogP contribution < -0.4 is 0 Å². The molecule has 6 heteroatoms. The number of fused-ring (bicyclic) bond motifs is 6. The normalized spacial score (nSPS) is 12.0. The number of unbranched alkanes of at least 4 members (excludes halogenated alkanes) is 10. The molecule has 0 aliphatic rings. The molecule has 6 aromatic heterocycles. The average molecular weight is 885 g/mol. The van der Waals surface area contributed by atoms with Crippen molar-refractivity contribution >= 4 is 89.0 Å². The fraction of sp³-hybridized carbons (Fsp3) is 0.286. The molecule has 2 nitrogen and oxygen atoms in total. The molecule has 0 unspecified atom stereocenters. The first-order chi connectivity index (χ1) is 30.7. The number of para-hydroxylation sites is 2. The van der Waals surface area contributed by atoms with Crippen LogP contribution in [-0.2, 0) is 13.1 Å². The molecule has 0 spiro atoms. The SMILES string of the molecule is CCCCCCCCn1c2ccccc2c2cc(-c3ccc(-c4ccc(-c5ccc(-c6ccc(-c7ccc8c(c7)c7ccccc7n8CCCCCCCC)s6)s5)s4)s3)ccc21. The lowest BCUT2D eigenvalue weighted by Gasteiger charge is -2.08. The first kappa shape index (κ1) is 41.3. The molecule has 0 fully saturated rings. The van der Waals surface area contributed by atoms with Crippen molar-refractivity contribution in [3.8, 4) is 50.1 Å². The van der Waals surface area contributed by atoms with Crippen molar-refractivity contribution in [2.75, 3.05) is 0 Å². The Balaban J connectivity index is 0.838. The maximum Gasteiger partial charge on any atom is 0.0491 e. The van der Waals surface area contributed by atoms with Crippen molar-refractivity contribution in [1.82, 2.24) is 9.13 Å². The van der Waals surface area contributed by atoms with E-state index < -0.39 is 0 Å². The molecule has 0 aliphatic heterocycles. The lowest BCUT2D eigenvalue weighted by Crippen LogP contribution is -1.97. The summed E-state index contributed by atoms with van der Waals surface area (Å²) in [4.78, 5) is 10.7. The molecule has 0 aliphatic carbocycles. The molecular weight excluding hydrogens is 829 g/mol. The largest absolute Gasteiger partial charge is 0.340 e. The number of aromatic nitrogens is 2. The zero-order valence-electron chi connectivity index (χ0n) is 36.1. The van der Waals surface area contributed by atoms with Gasteiger partial charge in [-0.3, -0.25) is 0 Å². The predicted molar refractivity (Wildman–Crippen MR) is 278 cm³/mol. The maximum absolute atomic E-state index is 2.56. The van der Waals surface area contributed by atoms with Crippen molar-refractivity contribution in [2.24, 2.45) is 0 Å². The number of benzene rings is 4. The smallest absolute Gasteiger partial charge is 0.0491 e. The Kier molecular flexibility index (Phi) is 12.6. The molecule has 0 bridgehead atoms. The molecule has 0 radical (unpaired) electrons. The van der Waals surface area contributed by atoms with Crippen LogP contribution in [0.2, 0.25) is 0 Å². The Morgan fingerprint density at radius 3 is 1.03 bits per heavy atom. The van der Waals surface area contributed by atoms with Crippen LogP contribution in [0.4, 0.5) is 0 Å². The van der Waals surface area contributed by atoms with E-state index in [-0.39, 0.29) is 0 Å². The summed E-state index contributed by atoms with van der Waals surface area (Å²) in [7, 11) is 0. The van der Waals surface area contributed by atoms with E-state index in [2.05, 4.69) is 156 Å². The van der Waals surface area contributed by atoms with Crippen molar-refractivity contribution in [3.63, 3.8) is 0 Å². The van der Waals surface area contributed by atoms with Crippen LogP contribution >= 0.6 is 45.3 Å². The number of rotatable bonds is 19. The van der Waals surface area contributed by atoms with E-state index in [1.807, 2.05) is 45.3 Å². The zero-order valence-corrected chi connectivity index (χ0v) is 39.4. The number of nitrogens with zero attached hydrogens (tertiary/aromatic N) is 2. The van der Waals surface area contributed by atoms with Gasteiger partial charge < -0.3 is 9.13 Å². The molecule has 10 aromatic rings. The van der Waals surface area contributed by atoms with Crippen molar-refractivity contribution in [2.45, 2.75) is 104 Å². The highest BCUT2D eigenvalue weighted by atomic mass is 32.1. The maximum atomic E-state index is 2.56. The van der Waals surface area contributed by atoms with Crippen LogP contribution in [0.1, 0.15) is 90.9 Å². The molecule has 10 rings (SSSR count). The van der Waals surface area contributed by atoms with Gasteiger partial charge in [0.05, 0.1) is 0 Å². The predicted octanol–water partition coefficient (Wildman–Crippen LogP) is 19.2. The standard InChI is InChI=1S/C56H56N2S4/c1-3-5-7-9-11-17-35-57-45-21-15-13-19-41(45)43-37-39(23-25-47(43)57)49-27-29-51(59-49)53-31-33-55(61-53)56-34-32-54(62-56)52-30-28-50(60-52)40-24-26-48-44(38-40)42-20-14-16-22-46(42)58(48)36-18-12-10-8-6-4-2/h13-16,19-34,37-38H,3-12,17-18,35-36H2,1-2H3.